The average molecular weight is 213 g/mol. The van der Waals surface area contributed by atoms with Gasteiger partial charge in [0.1, 0.15) is 11.0 Å². The molecule has 1 aromatic rings. The molecule has 14 heavy (non-hydrogen) atoms. The number of fused-ring (bicyclic) bond motifs is 1. The Kier molecular flexibility index (Phi) is 2.03. The lowest BCUT2D eigenvalue weighted by molar-refractivity contribution is -0.118. The number of nitrogens with zero attached hydrogens (tertiary/aromatic N) is 3. The maximum Gasteiger partial charge on any atom is 0.228 e. The number of carbonyl (C=O) groups is 1. The molecule has 0 fully saturated rings. The maximum atomic E-state index is 11.4. The average Bonchev–Trinajstić information content (AvgIpc) is 2.12. The van der Waals surface area contributed by atoms with Crippen LogP contribution >= 0.6 is 11.6 Å². The van der Waals surface area contributed by atoms with Crippen molar-refractivity contribution < 1.29 is 4.79 Å². The molecule has 0 aromatic carbocycles. The summed E-state index contributed by atoms with van der Waals surface area (Å²) in [4.78, 5) is 20.7. The molecule has 0 unspecified atom stereocenters. The molecular formula is C8H9ClN4O. The number of nitrogen functional groups attached to an aromatic ring is 1. The Balaban J connectivity index is 2.59. The van der Waals surface area contributed by atoms with Gasteiger partial charge in [-0.2, -0.15) is 4.98 Å². The minimum atomic E-state index is 0.0201. The zero-order valence-corrected chi connectivity index (χ0v) is 8.38. The van der Waals surface area contributed by atoms with Gasteiger partial charge in [0, 0.05) is 19.0 Å². The van der Waals surface area contributed by atoms with Crippen LogP contribution in [0.25, 0.3) is 0 Å². The van der Waals surface area contributed by atoms with Crippen LogP contribution in [0.2, 0.25) is 5.15 Å². The Morgan fingerprint density at radius 3 is 2.86 bits per heavy atom. The van der Waals surface area contributed by atoms with Gasteiger partial charge in [0.05, 0.1) is 0 Å². The third-order valence-corrected chi connectivity index (χ3v) is 2.55. The molecule has 1 aliphatic heterocycles. The zero-order valence-electron chi connectivity index (χ0n) is 7.62. The van der Waals surface area contributed by atoms with E-state index in [0.717, 1.165) is 5.56 Å². The normalized spacial score (nSPS) is 15.6. The van der Waals surface area contributed by atoms with Gasteiger partial charge >= 0.3 is 0 Å². The third-order valence-electron chi connectivity index (χ3n) is 2.23. The smallest absolute Gasteiger partial charge is 0.228 e. The highest BCUT2D eigenvalue weighted by Crippen LogP contribution is 2.29. The van der Waals surface area contributed by atoms with Crippen molar-refractivity contribution in [1.82, 2.24) is 9.97 Å². The van der Waals surface area contributed by atoms with Crippen LogP contribution in [0.15, 0.2) is 0 Å². The summed E-state index contributed by atoms with van der Waals surface area (Å²) in [5.74, 6) is 0.640. The molecule has 0 spiro atoms. The number of hydrogen-bond acceptors (Lipinski definition) is 4. The number of halogens is 1. The Morgan fingerprint density at radius 2 is 2.14 bits per heavy atom. The van der Waals surface area contributed by atoms with Crippen molar-refractivity contribution in [1.29, 1.82) is 0 Å². The maximum absolute atomic E-state index is 11.4. The number of rotatable bonds is 0. The topological polar surface area (TPSA) is 72.1 Å². The van der Waals surface area contributed by atoms with Crippen molar-refractivity contribution in [2.45, 2.75) is 12.8 Å². The van der Waals surface area contributed by atoms with Gasteiger partial charge in [-0.15, -0.1) is 0 Å². The summed E-state index contributed by atoms with van der Waals surface area (Å²) in [5.41, 5.74) is 6.24. The monoisotopic (exact) mass is 212 g/mol. The number of amides is 1. The molecule has 0 radical (unpaired) electrons. The highest BCUT2D eigenvalue weighted by Gasteiger charge is 2.25. The standard InChI is InChI=1S/C8H9ClN4O/c1-13-5(14)3-2-4-6(9)11-8(10)12-7(4)13/h2-3H2,1H3,(H2,10,11,12). The molecule has 6 heteroatoms. The fraction of sp³-hybridized carbons (Fsp3) is 0.375. The highest BCUT2D eigenvalue weighted by atomic mass is 35.5. The van der Waals surface area contributed by atoms with E-state index in [1.165, 1.54) is 4.90 Å². The van der Waals surface area contributed by atoms with Crippen LogP contribution in [0.1, 0.15) is 12.0 Å². The lowest BCUT2D eigenvalue weighted by Gasteiger charge is -2.24. The van der Waals surface area contributed by atoms with Crippen molar-refractivity contribution in [3.8, 4) is 0 Å². The molecule has 0 saturated carbocycles. The predicted molar refractivity (Wildman–Crippen MR) is 53.2 cm³/mol. The summed E-state index contributed by atoms with van der Waals surface area (Å²) in [6.45, 7) is 0. The molecule has 2 heterocycles. The first-order chi connectivity index (χ1) is 6.59. The van der Waals surface area contributed by atoms with Gasteiger partial charge in [-0.3, -0.25) is 9.69 Å². The van der Waals surface area contributed by atoms with Gasteiger partial charge < -0.3 is 5.73 Å². The number of hydrogen-bond donors (Lipinski definition) is 1. The van der Waals surface area contributed by atoms with E-state index in [1.54, 1.807) is 7.05 Å². The second-order valence-electron chi connectivity index (χ2n) is 3.13. The molecule has 1 aliphatic rings. The Hall–Kier alpha value is -1.36. The summed E-state index contributed by atoms with van der Waals surface area (Å²) < 4.78 is 0. The van der Waals surface area contributed by atoms with E-state index in [2.05, 4.69) is 9.97 Å². The highest BCUT2D eigenvalue weighted by molar-refractivity contribution is 6.30. The molecule has 1 aromatic heterocycles. The molecule has 1 amide bonds. The van der Waals surface area contributed by atoms with Gasteiger partial charge in [0.15, 0.2) is 0 Å². The molecule has 2 rings (SSSR count). The molecule has 0 saturated heterocycles. The SMILES string of the molecule is CN1C(=O)CCc2c(Cl)nc(N)nc21. The van der Waals surface area contributed by atoms with Crippen molar-refractivity contribution >= 4 is 29.3 Å². The van der Waals surface area contributed by atoms with Crippen LogP contribution in [0.4, 0.5) is 11.8 Å². The number of anilines is 2. The molecule has 2 N–H and O–H groups in total. The first kappa shape index (κ1) is 9.21. The molecule has 74 valence electrons. The van der Waals surface area contributed by atoms with Gasteiger partial charge in [-0.1, -0.05) is 11.6 Å². The lowest BCUT2D eigenvalue weighted by Crippen LogP contribution is -2.32. The van der Waals surface area contributed by atoms with Crippen LogP contribution in [0, 0.1) is 0 Å². The fourth-order valence-corrected chi connectivity index (χ4v) is 1.74. The molecular weight excluding hydrogens is 204 g/mol. The van der Waals surface area contributed by atoms with E-state index in [-0.39, 0.29) is 11.9 Å². The first-order valence-electron chi connectivity index (χ1n) is 4.18. The summed E-state index contributed by atoms with van der Waals surface area (Å²) >= 11 is 5.89. The molecule has 0 aliphatic carbocycles. The number of nitrogens with two attached hydrogens (primary N) is 1. The van der Waals surface area contributed by atoms with Crippen molar-refractivity contribution in [3.05, 3.63) is 10.7 Å². The fourth-order valence-electron chi connectivity index (χ4n) is 1.47. The van der Waals surface area contributed by atoms with E-state index in [9.17, 15) is 4.79 Å². The second-order valence-corrected chi connectivity index (χ2v) is 3.49. The zero-order chi connectivity index (χ0) is 10.3. The van der Waals surface area contributed by atoms with Crippen LogP contribution in [-0.2, 0) is 11.2 Å². The van der Waals surface area contributed by atoms with Gasteiger partial charge in [0.25, 0.3) is 0 Å². The number of aromatic nitrogens is 2. The largest absolute Gasteiger partial charge is 0.368 e. The van der Waals surface area contributed by atoms with Gasteiger partial charge in [-0.05, 0) is 6.42 Å². The van der Waals surface area contributed by atoms with E-state index in [0.29, 0.717) is 23.8 Å². The molecule has 5 nitrogen and oxygen atoms in total. The summed E-state index contributed by atoms with van der Waals surface area (Å²) in [6, 6.07) is 0. The predicted octanol–water partition coefficient (Wildman–Crippen LogP) is 0.621. The van der Waals surface area contributed by atoms with Crippen molar-refractivity contribution in [2.24, 2.45) is 0 Å². The Labute approximate surface area is 85.9 Å². The summed E-state index contributed by atoms with van der Waals surface area (Å²) in [6.07, 6.45) is 1.02. The van der Waals surface area contributed by atoms with Crippen LogP contribution < -0.4 is 10.6 Å². The first-order valence-corrected chi connectivity index (χ1v) is 4.56. The second kappa shape index (κ2) is 3.09. The Bertz CT molecular complexity index is 407. The van der Waals surface area contributed by atoms with E-state index in [4.69, 9.17) is 17.3 Å². The van der Waals surface area contributed by atoms with E-state index in [1.807, 2.05) is 0 Å². The quantitative estimate of drug-likeness (QED) is 0.640. The molecule has 0 atom stereocenters. The van der Waals surface area contributed by atoms with Gasteiger partial charge in [-0.25, -0.2) is 4.98 Å². The van der Waals surface area contributed by atoms with Crippen LogP contribution in [-0.4, -0.2) is 22.9 Å². The third kappa shape index (κ3) is 1.29. The van der Waals surface area contributed by atoms with Crippen molar-refractivity contribution in [3.63, 3.8) is 0 Å². The lowest BCUT2D eigenvalue weighted by atomic mass is 10.1. The number of carbonyl (C=O) groups excluding carboxylic acids is 1. The van der Waals surface area contributed by atoms with Crippen LogP contribution in [0.5, 0.6) is 0 Å². The molecule has 0 bridgehead atoms. The van der Waals surface area contributed by atoms with E-state index >= 15 is 0 Å². The van der Waals surface area contributed by atoms with Crippen LogP contribution in [0.3, 0.4) is 0 Å². The minimum absolute atomic E-state index is 0.0201. The summed E-state index contributed by atoms with van der Waals surface area (Å²) in [7, 11) is 1.66. The summed E-state index contributed by atoms with van der Waals surface area (Å²) in [5, 5.41) is 0.340. The van der Waals surface area contributed by atoms with E-state index < -0.39 is 0 Å². The minimum Gasteiger partial charge on any atom is -0.368 e. The van der Waals surface area contributed by atoms with Crippen molar-refractivity contribution in [2.75, 3.05) is 17.7 Å². The Morgan fingerprint density at radius 1 is 1.43 bits per heavy atom. The van der Waals surface area contributed by atoms with Gasteiger partial charge in [0.2, 0.25) is 11.9 Å².